The lowest BCUT2D eigenvalue weighted by atomic mass is 9.98. The third-order valence-electron chi connectivity index (χ3n) is 5.96. The zero-order chi connectivity index (χ0) is 20.1. The molecule has 2 amide bonds. The number of hydrogen-bond acceptors (Lipinski definition) is 5. The molecule has 2 fully saturated rings. The second-order valence-corrected chi connectivity index (χ2v) is 9.27. The van der Waals surface area contributed by atoms with Gasteiger partial charge in [0, 0.05) is 70.3 Å². The van der Waals surface area contributed by atoms with E-state index in [1.54, 1.807) is 18.3 Å². The molecule has 0 radical (unpaired) electrons. The second kappa shape index (κ2) is 9.85. The van der Waals surface area contributed by atoms with E-state index in [0.717, 1.165) is 68.3 Å². The van der Waals surface area contributed by atoms with E-state index in [4.69, 9.17) is 4.74 Å². The normalized spacial score (nSPS) is 21.1. The number of likely N-dealkylation sites (N-methyl/N-ethyl adjacent to an activating group) is 1. The van der Waals surface area contributed by atoms with Crippen LogP contribution in [0.1, 0.15) is 47.2 Å². The first-order valence-corrected chi connectivity index (χ1v) is 11.2. The lowest BCUT2D eigenvalue weighted by Gasteiger charge is -2.44. The molecular weight excluding hydrogens is 374 g/mol. The van der Waals surface area contributed by atoms with Gasteiger partial charge in [-0.3, -0.25) is 14.5 Å². The Labute approximate surface area is 172 Å². The minimum Gasteiger partial charge on any atom is -0.381 e. The minimum atomic E-state index is 0.0963. The minimum absolute atomic E-state index is 0.0963. The van der Waals surface area contributed by atoms with Crippen molar-refractivity contribution in [3.63, 3.8) is 0 Å². The van der Waals surface area contributed by atoms with Crippen molar-refractivity contribution >= 4 is 23.2 Å². The van der Waals surface area contributed by atoms with E-state index in [2.05, 4.69) is 4.90 Å². The van der Waals surface area contributed by atoms with Crippen molar-refractivity contribution in [1.29, 1.82) is 0 Å². The van der Waals surface area contributed by atoms with E-state index in [1.165, 1.54) is 0 Å². The molecule has 2 saturated heterocycles. The number of piperidine rings is 1. The first-order chi connectivity index (χ1) is 13.5. The summed E-state index contributed by atoms with van der Waals surface area (Å²) in [7, 11) is 1.89. The van der Waals surface area contributed by atoms with Crippen molar-refractivity contribution in [2.75, 3.05) is 46.4 Å². The molecule has 1 aromatic rings. The monoisotopic (exact) mass is 407 g/mol. The Hall–Kier alpha value is -1.44. The van der Waals surface area contributed by atoms with Crippen molar-refractivity contribution in [3.8, 4) is 0 Å². The molecule has 7 heteroatoms. The maximum absolute atomic E-state index is 12.7. The number of thiophene rings is 1. The Morgan fingerprint density at radius 2 is 1.93 bits per heavy atom. The van der Waals surface area contributed by atoms with E-state index in [1.807, 2.05) is 35.9 Å². The molecule has 0 aromatic carbocycles. The number of aryl methyl sites for hydroxylation is 1. The summed E-state index contributed by atoms with van der Waals surface area (Å²) in [6, 6.07) is 4.76. The number of hydrogen-bond donors (Lipinski definition) is 0. The molecule has 1 aromatic heterocycles. The highest BCUT2D eigenvalue weighted by molar-refractivity contribution is 7.13. The average Bonchev–Trinajstić information content (AvgIpc) is 3.14. The van der Waals surface area contributed by atoms with Crippen LogP contribution in [-0.2, 0) is 9.53 Å². The molecule has 0 aliphatic carbocycles. The molecule has 3 rings (SSSR count). The summed E-state index contributed by atoms with van der Waals surface area (Å²) in [5.41, 5.74) is 0. The van der Waals surface area contributed by atoms with Gasteiger partial charge in [-0.15, -0.1) is 11.3 Å². The van der Waals surface area contributed by atoms with Crippen LogP contribution in [-0.4, -0.2) is 85.0 Å². The fourth-order valence-electron chi connectivity index (χ4n) is 4.30. The Morgan fingerprint density at radius 3 is 2.57 bits per heavy atom. The molecule has 2 aliphatic heterocycles. The Morgan fingerprint density at radius 1 is 1.18 bits per heavy atom. The van der Waals surface area contributed by atoms with Crippen LogP contribution < -0.4 is 0 Å². The van der Waals surface area contributed by atoms with Gasteiger partial charge in [-0.2, -0.15) is 0 Å². The third kappa shape index (κ3) is 5.33. The molecule has 6 nitrogen and oxygen atoms in total. The van der Waals surface area contributed by atoms with E-state index >= 15 is 0 Å². The summed E-state index contributed by atoms with van der Waals surface area (Å²) in [5.74, 6) is 0.260. The summed E-state index contributed by atoms with van der Waals surface area (Å²) in [5, 5.41) is 0. The highest BCUT2D eigenvalue weighted by atomic mass is 32.1. The van der Waals surface area contributed by atoms with Crippen LogP contribution in [0.4, 0.5) is 0 Å². The summed E-state index contributed by atoms with van der Waals surface area (Å²) in [6.45, 7) is 8.49. The fourth-order valence-corrected chi connectivity index (χ4v) is 5.16. The van der Waals surface area contributed by atoms with Gasteiger partial charge in [0.15, 0.2) is 0 Å². The molecule has 1 unspecified atom stereocenters. The maximum atomic E-state index is 12.7. The molecule has 156 valence electrons. The predicted molar refractivity (Wildman–Crippen MR) is 112 cm³/mol. The molecule has 3 heterocycles. The summed E-state index contributed by atoms with van der Waals surface area (Å²) >= 11 is 1.55. The van der Waals surface area contributed by atoms with Crippen LogP contribution in [0.3, 0.4) is 0 Å². The SMILES string of the molecule is CC(=O)N1CCCC(N(CCN(C)C(=O)c2ccc(C)s2)C2CCOCC2)C1. The van der Waals surface area contributed by atoms with Gasteiger partial charge in [-0.05, 0) is 44.7 Å². The van der Waals surface area contributed by atoms with Crippen LogP contribution in [0.2, 0.25) is 0 Å². The smallest absolute Gasteiger partial charge is 0.263 e. The molecule has 0 spiro atoms. The molecular formula is C21H33N3O3S. The zero-order valence-electron chi connectivity index (χ0n) is 17.4. The summed E-state index contributed by atoms with van der Waals surface area (Å²) in [6.07, 6.45) is 4.22. The first kappa shape index (κ1) is 21.3. The van der Waals surface area contributed by atoms with Crippen LogP contribution >= 0.6 is 11.3 Å². The number of likely N-dealkylation sites (tertiary alicyclic amines) is 1. The number of rotatable bonds is 6. The quantitative estimate of drug-likeness (QED) is 0.727. The van der Waals surface area contributed by atoms with Crippen LogP contribution in [0.5, 0.6) is 0 Å². The third-order valence-corrected chi connectivity index (χ3v) is 6.95. The van der Waals surface area contributed by atoms with E-state index in [-0.39, 0.29) is 11.8 Å². The van der Waals surface area contributed by atoms with Gasteiger partial charge in [0.1, 0.15) is 0 Å². The van der Waals surface area contributed by atoms with Crippen molar-refractivity contribution in [2.45, 2.75) is 51.6 Å². The molecule has 0 N–H and O–H groups in total. The standard InChI is InChI=1S/C21H33N3O3S/c1-16-6-7-20(28-16)21(26)22(3)11-12-24(18-8-13-27-14-9-18)19-5-4-10-23(15-19)17(2)25/h6-7,18-19H,4-5,8-15H2,1-3H3. The van der Waals surface area contributed by atoms with Gasteiger partial charge in [0.05, 0.1) is 4.88 Å². The van der Waals surface area contributed by atoms with E-state index < -0.39 is 0 Å². The lowest BCUT2D eigenvalue weighted by Crippen LogP contribution is -2.55. The fraction of sp³-hybridized carbons (Fsp3) is 0.714. The number of amides is 2. The van der Waals surface area contributed by atoms with Crippen molar-refractivity contribution in [2.24, 2.45) is 0 Å². The van der Waals surface area contributed by atoms with Gasteiger partial charge < -0.3 is 14.5 Å². The molecule has 0 saturated carbocycles. The second-order valence-electron chi connectivity index (χ2n) is 7.98. The number of nitrogens with zero attached hydrogens (tertiary/aromatic N) is 3. The topological polar surface area (TPSA) is 53.1 Å². The zero-order valence-corrected chi connectivity index (χ0v) is 18.2. The number of carbonyl (C=O) groups is 2. The average molecular weight is 408 g/mol. The van der Waals surface area contributed by atoms with Gasteiger partial charge in [0.25, 0.3) is 5.91 Å². The maximum Gasteiger partial charge on any atom is 0.263 e. The highest BCUT2D eigenvalue weighted by Crippen LogP contribution is 2.24. The number of carbonyl (C=O) groups excluding carboxylic acids is 2. The van der Waals surface area contributed by atoms with Crippen molar-refractivity contribution < 1.29 is 14.3 Å². The van der Waals surface area contributed by atoms with Crippen molar-refractivity contribution in [1.82, 2.24) is 14.7 Å². The van der Waals surface area contributed by atoms with Crippen LogP contribution in [0.15, 0.2) is 12.1 Å². The van der Waals surface area contributed by atoms with E-state index in [0.29, 0.717) is 18.6 Å². The van der Waals surface area contributed by atoms with Gasteiger partial charge in [0.2, 0.25) is 5.91 Å². The van der Waals surface area contributed by atoms with Gasteiger partial charge >= 0.3 is 0 Å². The largest absolute Gasteiger partial charge is 0.381 e. The van der Waals surface area contributed by atoms with Gasteiger partial charge in [-0.25, -0.2) is 0 Å². The molecule has 1 atom stereocenters. The highest BCUT2D eigenvalue weighted by Gasteiger charge is 2.32. The van der Waals surface area contributed by atoms with Crippen LogP contribution in [0.25, 0.3) is 0 Å². The Balaban J connectivity index is 1.65. The number of ether oxygens (including phenoxy) is 1. The predicted octanol–water partition coefficient (Wildman–Crippen LogP) is 2.62. The summed E-state index contributed by atoms with van der Waals surface area (Å²) in [4.78, 5) is 32.9. The molecule has 0 bridgehead atoms. The molecule has 2 aliphatic rings. The first-order valence-electron chi connectivity index (χ1n) is 10.4. The Kier molecular flexibility index (Phi) is 7.48. The van der Waals surface area contributed by atoms with E-state index in [9.17, 15) is 9.59 Å². The summed E-state index contributed by atoms with van der Waals surface area (Å²) < 4.78 is 5.57. The van der Waals surface area contributed by atoms with Crippen molar-refractivity contribution in [3.05, 3.63) is 21.9 Å². The van der Waals surface area contributed by atoms with Gasteiger partial charge in [-0.1, -0.05) is 0 Å². The Bertz CT molecular complexity index is 672. The lowest BCUT2D eigenvalue weighted by molar-refractivity contribution is -0.131. The molecule has 28 heavy (non-hydrogen) atoms. The van der Waals surface area contributed by atoms with Crippen LogP contribution in [0, 0.1) is 6.92 Å².